The first-order valence-corrected chi connectivity index (χ1v) is 6.80. The molecule has 4 nitrogen and oxygen atoms in total. The molecule has 1 fully saturated rings. The highest BCUT2D eigenvalue weighted by molar-refractivity contribution is 6.31. The summed E-state index contributed by atoms with van der Waals surface area (Å²) in [6, 6.07) is 6.04. The second-order valence-electron chi connectivity index (χ2n) is 4.78. The molecule has 1 aromatic carbocycles. The monoisotopic (exact) mass is 277 g/mol. The first-order chi connectivity index (χ1) is 9.24. The SMILES string of the molecule is Nc1cnc2ccc(Cl)cc2c1NC1CCOCC1. The van der Waals surface area contributed by atoms with Crippen LogP contribution in [0, 0.1) is 0 Å². The summed E-state index contributed by atoms with van der Waals surface area (Å²) in [7, 11) is 0. The molecule has 1 aliphatic heterocycles. The van der Waals surface area contributed by atoms with E-state index in [1.54, 1.807) is 6.20 Å². The Bertz CT molecular complexity index is 591. The predicted octanol–water partition coefficient (Wildman–Crippen LogP) is 3.06. The van der Waals surface area contributed by atoms with E-state index >= 15 is 0 Å². The van der Waals surface area contributed by atoms with Crippen molar-refractivity contribution in [1.29, 1.82) is 0 Å². The minimum absolute atomic E-state index is 0.389. The van der Waals surface area contributed by atoms with Crippen molar-refractivity contribution in [2.45, 2.75) is 18.9 Å². The summed E-state index contributed by atoms with van der Waals surface area (Å²) in [4.78, 5) is 4.33. The molecule has 0 amide bonds. The summed E-state index contributed by atoms with van der Waals surface area (Å²) in [5, 5.41) is 5.18. The molecule has 3 N–H and O–H groups in total. The number of nitrogens with two attached hydrogens (primary N) is 1. The summed E-state index contributed by atoms with van der Waals surface area (Å²) < 4.78 is 5.37. The normalized spacial score (nSPS) is 16.7. The maximum Gasteiger partial charge on any atom is 0.0743 e. The molecular formula is C14H16ClN3O. The average Bonchev–Trinajstić information content (AvgIpc) is 2.43. The Morgan fingerprint density at radius 3 is 2.89 bits per heavy atom. The third-order valence-electron chi connectivity index (χ3n) is 3.43. The van der Waals surface area contributed by atoms with Gasteiger partial charge in [-0.2, -0.15) is 0 Å². The first kappa shape index (κ1) is 12.5. The second-order valence-corrected chi connectivity index (χ2v) is 5.22. The molecule has 100 valence electrons. The zero-order valence-corrected chi connectivity index (χ0v) is 11.3. The van der Waals surface area contributed by atoms with Gasteiger partial charge in [-0.3, -0.25) is 4.98 Å². The van der Waals surface area contributed by atoms with Gasteiger partial charge in [0.1, 0.15) is 0 Å². The van der Waals surface area contributed by atoms with Crippen LogP contribution in [0.5, 0.6) is 0 Å². The van der Waals surface area contributed by atoms with Crippen molar-refractivity contribution in [3.05, 3.63) is 29.4 Å². The van der Waals surface area contributed by atoms with Crippen LogP contribution in [0.1, 0.15) is 12.8 Å². The van der Waals surface area contributed by atoms with E-state index in [0.29, 0.717) is 16.8 Å². The van der Waals surface area contributed by atoms with Crippen LogP contribution in [-0.4, -0.2) is 24.2 Å². The summed E-state index contributed by atoms with van der Waals surface area (Å²) in [5.41, 5.74) is 8.53. The quantitative estimate of drug-likeness (QED) is 0.886. The molecule has 0 atom stereocenters. The highest BCUT2D eigenvalue weighted by Gasteiger charge is 2.16. The standard InChI is InChI=1S/C14H16ClN3O/c15-9-1-2-13-11(7-9)14(12(16)8-17-13)18-10-3-5-19-6-4-10/h1-2,7-8,10H,3-6,16H2,(H,17,18). The molecule has 3 rings (SSSR count). The van der Waals surface area contributed by atoms with Crippen molar-refractivity contribution in [2.24, 2.45) is 0 Å². The van der Waals surface area contributed by atoms with Gasteiger partial charge in [0.2, 0.25) is 0 Å². The molecule has 5 heteroatoms. The number of benzene rings is 1. The number of halogens is 1. The Morgan fingerprint density at radius 2 is 2.11 bits per heavy atom. The van der Waals surface area contributed by atoms with E-state index in [4.69, 9.17) is 22.1 Å². The summed E-state index contributed by atoms with van der Waals surface area (Å²) in [6.07, 6.45) is 3.67. The minimum Gasteiger partial charge on any atom is -0.396 e. The summed E-state index contributed by atoms with van der Waals surface area (Å²) in [5.74, 6) is 0. The number of hydrogen-bond donors (Lipinski definition) is 2. The molecule has 1 aliphatic rings. The summed E-state index contributed by atoms with van der Waals surface area (Å²) in [6.45, 7) is 1.59. The van der Waals surface area contributed by atoms with Gasteiger partial charge in [-0.15, -0.1) is 0 Å². The number of nitrogens with zero attached hydrogens (tertiary/aromatic N) is 1. The molecular weight excluding hydrogens is 262 g/mol. The number of fused-ring (bicyclic) bond motifs is 1. The van der Waals surface area contributed by atoms with Crippen molar-refractivity contribution in [3.63, 3.8) is 0 Å². The number of anilines is 2. The highest BCUT2D eigenvalue weighted by Crippen LogP contribution is 2.31. The van der Waals surface area contributed by atoms with Crippen LogP contribution in [0.25, 0.3) is 10.9 Å². The van der Waals surface area contributed by atoms with Gasteiger partial charge >= 0.3 is 0 Å². The van der Waals surface area contributed by atoms with E-state index in [0.717, 1.165) is 42.6 Å². The molecule has 19 heavy (non-hydrogen) atoms. The molecule has 2 heterocycles. The summed E-state index contributed by atoms with van der Waals surface area (Å²) >= 11 is 6.07. The first-order valence-electron chi connectivity index (χ1n) is 6.42. The van der Waals surface area contributed by atoms with E-state index in [2.05, 4.69) is 10.3 Å². The fourth-order valence-corrected chi connectivity index (χ4v) is 2.56. The van der Waals surface area contributed by atoms with Crippen molar-refractivity contribution < 1.29 is 4.74 Å². The zero-order chi connectivity index (χ0) is 13.2. The van der Waals surface area contributed by atoms with Gasteiger partial charge in [0.15, 0.2) is 0 Å². The molecule has 0 radical (unpaired) electrons. The van der Waals surface area contributed by atoms with E-state index in [-0.39, 0.29) is 0 Å². The largest absolute Gasteiger partial charge is 0.396 e. The Balaban J connectivity index is 2.00. The van der Waals surface area contributed by atoms with Gasteiger partial charge in [0.05, 0.1) is 23.1 Å². The number of rotatable bonds is 2. The van der Waals surface area contributed by atoms with Gasteiger partial charge in [-0.05, 0) is 31.0 Å². The van der Waals surface area contributed by atoms with Gasteiger partial charge < -0.3 is 15.8 Å². The Hall–Kier alpha value is -1.52. The highest BCUT2D eigenvalue weighted by atomic mass is 35.5. The number of hydrogen-bond acceptors (Lipinski definition) is 4. The average molecular weight is 278 g/mol. The fourth-order valence-electron chi connectivity index (χ4n) is 2.39. The van der Waals surface area contributed by atoms with Crippen molar-refractivity contribution in [3.8, 4) is 0 Å². The van der Waals surface area contributed by atoms with Crippen LogP contribution in [0.4, 0.5) is 11.4 Å². The van der Waals surface area contributed by atoms with Crippen LogP contribution in [0.3, 0.4) is 0 Å². The van der Waals surface area contributed by atoms with E-state index in [1.807, 2.05) is 18.2 Å². The topological polar surface area (TPSA) is 60.2 Å². The van der Waals surface area contributed by atoms with Crippen LogP contribution in [-0.2, 0) is 4.74 Å². The smallest absolute Gasteiger partial charge is 0.0743 e. The fraction of sp³-hybridized carbons (Fsp3) is 0.357. The van der Waals surface area contributed by atoms with Crippen molar-refractivity contribution in [2.75, 3.05) is 24.3 Å². The van der Waals surface area contributed by atoms with Crippen LogP contribution in [0.2, 0.25) is 5.02 Å². The maximum atomic E-state index is 6.07. The van der Waals surface area contributed by atoms with Gasteiger partial charge in [-0.1, -0.05) is 11.6 Å². The third-order valence-corrected chi connectivity index (χ3v) is 3.66. The molecule has 0 spiro atoms. The van der Waals surface area contributed by atoms with Gasteiger partial charge in [-0.25, -0.2) is 0 Å². The van der Waals surface area contributed by atoms with E-state index in [9.17, 15) is 0 Å². The van der Waals surface area contributed by atoms with Crippen molar-refractivity contribution >= 4 is 33.9 Å². The number of nitrogen functional groups attached to an aromatic ring is 1. The molecule has 1 saturated heterocycles. The van der Waals surface area contributed by atoms with Gasteiger partial charge in [0, 0.05) is 29.7 Å². The predicted molar refractivity (Wildman–Crippen MR) is 78.6 cm³/mol. The molecule has 0 aliphatic carbocycles. The van der Waals surface area contributed by atoms with Crippen LogP contribution >= 0.6 is 11.6 Å². The number of ether oxygens (including phenoxy) is 1. The minimum atomic E-state index is 0.389. The molecule has 2 aromatic rings. The van der Waals surface area contributed by atoms with Crippen molar-refractivity contribution in [1.82, 2.24) is 4.98 Å². The number of pyridine rings is 1. The maximum absolute atomic E-state index is 6.07. The van der Waals surface area contributed by atoms with Crippen LogP contribution in [0.15, 0.2) is 24.4 Å². The Morgan fingerprint density at radius 1 is 1.32 bits per heavy atom. The Labute approximate surface area is 116 Å². The number of nitrogens with one attached hydrogen (secondary N) is 1. The lowest BCUT2D eigenvalue weighted by atomic mass is 10.1. The lowest BCUT2D eigenvalue weighted by Gasteiger charge is -2.25. The molecule has 0 unspecified atom stereocenters. The van der Waals surface area contributed by atoms with Gasteiger partial charge in [0.25, 0.3) is 0 Å². The Kier molecular flexibility index (Phi) is 3.44. The molecule has 0 saturated carbocycles. The van der Waals surface area contributed by atoms with E-state index in [1.165, 1.54) is 0 Å². The third kappa shape index (κ3) is 2.60. The van der Waals surface area contributed by atoms with Crippen LogP contribution < -0.4 is 11.1 Å². The number of aromatic nitrogens is 1. The zero-order valence-electron chi connectivity index (χ0n) is 10.5. The molecule has 0 bridgehead atoms. The van der Waals surface area contributed by atoms with E-state index < -0.39 is 0 Å². The second kappa shape index (κ2) is 5.23. The molecule has 1 aromatic heterocycles. The lowest BCUT2D eigenvalue weighted by Crippen LogP contribution is -2.28. The lowest BCUT2D eigenvalue weighted by molar-refractivity contribution is 0.0905.